The van der Waals surface area contributed by atoms with Gasteiger partial charge in [0, 0.05) is 26.7 Å². The fraction of sp³-hybridized carbons (Fsp3) is 0.400. The van der Waals surface area contributed by atoms with Crippen LogP contribution in [0.3, 0.4) is 0 Å². The van der Waals surface area contributed by atoms with E-state index >= 15 is 0 Å². The predicted octanol–water partition coefficient (Wildman–Crippen LogP) is 2.36. The van der Waals surface area contributed by atoms with Crippen LogP contribution in [0.2, 0.25) is 0 Å². The summed E-state index contributed by atoms with van der Waals surface area (Å²) >= 11 is 1.42. The zero-order chi connectivity index (χ0) is 15.6. The van der Waals surface area contributed by atoms with E-state index < -0.39 is 0 Å². The highest BCUT2D eigenvalue weighted by atomic mass is 32.2. The second-order valence-corrected chi connectivity index (χ2v) is 6.53. The summed E-state index contributed by atoms with van der Waals surface area (Å²) in [5.74, 6) is 0.877. The molecular formula is C15H20N4OS. The third-order valence-corrected chi connectivity index (χ3v) is 4.34. The minimum Gasteiger partial charge on any atom is -0.348 e. The third-order valence-electron chi connectivity index (χ3n) is 3.22. The van der Waals surface area contributed by atoms with Crippen LogP contribution < -0.4 is 0 Å². The molecule has 0 aliphatic heterocycles. The van der Waals surface area contributed by atoms with Crippen molar-refractivity contribution >= 4 is 17.7 Å². The zero-order valence-electron chi connectivity index (χ0n) is 13.0. The number of aromatic nitrogens is 3. The van der Waals surface area contributed by atoms with Crippen molar-refractivity contribution in [1.29, 1.82) is 0 Å². The number of carbonyl (C=O) groups excluding carboxylic acids is 1. The first-order valence-corrected chi connectivity index (χ1v) is 7.62. The minimum atomic E-state index is -0.186. The SMILES string of the molecule is Cc1ccc(-c2nnc(SC(C)C(=O)N(C)C)n2C)cc1. The van der Waals surface area contributed by atoms with Crippen molar-refractivity contribution in [3.8, 4) is 11.4 Å². The molecule has 0 spiro atoms. The Bertz CT molecular complexity index is 634. The summed E-state index contributed by atoms with van der Waals surface area (Å²) in [6.45, 7) is 3.93. The number of rotatable bonds is 4. The summed E-state index contributed by atoms with van der Waals surface area (Å²) < 4.78 is 1.93. The molecule has 1 aromatic carbocycles. The van der Waals surface area contributed by atoms with Crippen molar-refractivity contribution in [2.75, 3.05) is 14.1 Å². The second kappa shape index (κ2) is 6.30. The van der Waals surface area contributed by atoms with E-state index in [9.17, 15) is 4.79 Å². The van der Waals surface area contributed by atoms with Gasteiger partial charge in [-0.05, 0) is 13.8 Å². The van der Waals surface area contributed by atoms with E-state index in [1.165, 1.54) is 17.3 Å². The van der Waals surface area contributed by atoms with Gasteiger partial charge in [-0.2, -0.15) is 0 Å². The molecule has 0 aliphatic rings. The van der Waals surface area contributed by atoms with Gasteiger partial charge < -0.3 is 9.47 Å². The van der Waals surface area contributed by atoms with Crippen molar-refractivity contribution < 1.29 is 4.79 Å². The number of benzene rings is 1. The largest absolute Gasteiger partial charge is 0.348 e. The molecule has 0 radical (unpaired) electrons. The highest BCUT2D eigenvalue weighted by molar-refractivity contribution is 8.00. The Morgan fingerprint density at radius 1 is 1.24 bits per heavy atom. The van der Waals surface area contributed by atoms with Gasteiger partial charge in [-0.1, -0.05) is 41.6 Å². The van der Waals surface area contributed by atoms with Crippen LogP contribution in [0, 0.1) is 6.92 Å². The van der Waals surface area contributed by atoms with Crippen LogP contribution in [0.5, 0.6) is 0 Å². The smallest absolute Gasteiger partial charge is 0.235 e. The molecule has 2 rings (SSSR count). The maximum atomic E-state index is 11.9. The van der Waals surface area contributed by atoms with E-state index in [0.29, 0.717) is 0 Å². The van der Waals surface area contributed by atoms with E-state index in [0.717, 1.165) is 16.5 Å². The van der Waals surface area contributed by atoms with Gasteiger partial charge in [0.25, 0.3) is 0 Å². The summed E-state index contributed by atoms with van der Waals surface area (Å²) in [4.78, 5) is 13.5. The molecule has 112 valence electrons. The molecule has 5 nitrogen and oxygen atoms in total. The van der Waals surface area contributed by atoms with Crippen molar-refractivity contribution in [3.63, 3.8) is 0 Å². The molecule has 6 heteroatoms. The van der Waals surface area contributed by atoms with Gasteiger partial charge in [0.15, 0.2) is 11.0 Å². The molecule has 0 fully saturated rings. The minimum absolute atomic E-state index is 0.0693. The van der Waals surface area contributed by atoms with Crippen LogP contribution in [0.4, 0.5) is 0 Å². The first-order chi connectivity index (χ1) is 9.90. The Morgan fingerprint density at radius 3 is 2.43 bits per heavy atom. The summed E-state index contributed by atoms with van der Waals surface area (Å²) in [5.41, 5.74) is 2.23. The van der Waals surface area contributed by atoms with Gasteiger partial charge in [-0.25, -0.2) is 0 Å². The predicted molar refractivity (Wildman–Crippen MR) is 85.2 cm³/mol. The number of hydrogen-bond acceptors (Lipinski definition) is 4. The van der Waals surface area contributed by atoms with Gasteiger partial charge in [0.2, 0.25) is 5.91 Å². The fourth-order valence-corrected chi connectivity index (χ4v) is 2.90. The average Bonchev–Trinajstić information content (AvgIpc) is 2.80. The van der Waals surface area contributed by atoms with Crippen LogP contribution in [0.1, 0.15) is 12.5 Å². The second-order valence-electron chi connectivity index (χ2n) is 5.22. The molecule has 1 atom stereocenters. The molecule has 2 aromatic rings. The van der Waals surface area contributed by atoms with Crippen LogP contribution in [-0.4, -0.2) is 44.9 Å². The van der Waals surface area contributed by atoms with Crippen molar-refractivity contribution in [2.24, 2.45) is 7.05 Å². The van der Waals surface area contributed by atoms with Gasteiger partial charge in [-0.15, -0.1) is 10.2 Å². The Labute approximate surface area is 129 Å². The van der Waals surface area contributed by atoms with Gasteiger partial charge in [0.05, 0.1) is 5.25 Å². The van der Waals surface area contributed by atoms with E-state index in [4.69, 9.17) is 0 Å². The van der Waals surface area contributed by atoms with Gasteiger partial charge in [0.1, 0.15) is 0 Å². The number of aryl methyl sites for hydroxylation is 1. The van der Waals surface area contributed by atoms with E-state index in [1.807, 2.05) is 30.7 Å². The highest BCUT2D eigenvalue weighted by Gasteiger charge is 2.20. The normalized spacial score (nSPS) is 12.2. The number of hydrogen-bond donors (Lipinski definition) is 0. The number of nitrogens with zero attached hydrogens (tertiary/aromatic N) is 4. The lowest BCUT2D eigenvalue weighted by atomic mass is 10.1. The summed E-state index contributed by atoms with van der Waals surface area (Å²) in [7, 11) is 5.44. The number of thioether (sulfide) groups is 1. The highest BCUT2D eigenvalue weighted by Crippen LogP contribution is 2.26. The van der Waals surface area contributed by atoms with Crippen molar-refractivity contribution in [2.45, 2.75) is 24.3 Å². The maximum Gasteiger partial charge on any atom is 0.235 e. The molecule has 21 heavy (non-hydrogen) atoms. The molecule has 1 amide bonds. The van der Waals surface area contributed by atoms with E-state index in [1.54, 1.807) is 19.0 Å². The van der Waals surface area contributed by atoms with Crippen LogP contribution in [-0.2, 0) is 11.8 Å². The maximum absolute atomic E-state index is 11.9. The van der Waals surface area contributed by atoms with Crippen LogP contribution >= 0.6 is 11.8 Å². The lowest BCUT2D eigenvalue weighted by molar-refractivity contribution is -0.127. The van der Waals surface area contributed by atoms with Gasteiger partial charge in [-0.3, -0.25) is 4.79 Å². The monoisotopic (exact) mass is 304 g/mol. The third kappa shape index (κ3) is 3.44. The zero-order valence-corrected chi connectivity index (χ0v) is 13.8. The molecule has 1 heterocycles. The quantitative estimate of drug-likeness (QED) is 0.814. The summed E-state index contributed by atoms with van der Waals surface area (Å²) in [5, 5.41) is 9.00. The number of amides is 1. The fourth-order valence-electron chi connectivity index (χ4n) is 1.94. The molecule has 0 saturated heterocycles. The Kier molecular flexibility index (Phi) is 4.67. The molecule has 1 unspecified atom stereocenters. The molecule has 1 aromatic heterocycles. The van der Waals surface area contributed by atoms with Crippen molar-refractivity contribution in [3.05, 3.63) is 29.8 Å². The van der Waals surface area contributed by atoms with Crippen LogP contribution in [0.15, 0.2) is 29.4 Å². The van der Waals surface area contributed by atoms with Crippen LogP contribution in [0.25, 0.3) is 11.4 Å². The molecular weight excluding hydrogens is 284 g/mol. The lowest BCUT2D eigenvalue weighted by Gasteiger charge is -2.15. The van der Waals surface area contributed by atoms with Gasteiger partial charge >= 0.3 is 0 Å². The summed E-state index contributed by atoms with van der Waals surface area (Å²) in [6.07, 6.45) is 0. The topological polar surface area (TPSA) is 51.0 Å². The molecule has 0 N–H and O–H groups in total. The Balaban J connectivity index is 2.21. The van der Waals surface area contributed by atoms with E-state index in [-0.39, 0.29) is 11.2 Å². The Hall–Kier alpha value is -1.82. The van der Waals surface area contributed by atoms with Crippen molar-refractivity contribution in [1.82, 2.24) is 19.7 Å². The lowest BCUT2D eigenvalue weighted by Crippen LogP contribution is -2.29. The Morgan fingerprint density at radius 2 is 1.86 bits per heavy atom. The summed E-state index contributed by atoms with van der Waals surface area (Å²) in [6, 6.07) is 8.16. The number of carbonyl (C=O) groups is 1. The van der Waals surface area contributed by atoms with E-state index in [2.05, 4.69) is 29.3 Å². The first-order valence-electron chi connectivity index (χ1n) is 6.74. The molecule has 0 bridgehead atoms. The molecule has 0 saturated carbocycles. The first kappa shape index (κ1) is 15.6. The standard InChI is InChI=1S/C15H20N4OS/c1-10-6-8-12(9-7-10)13-16-17-15(19(13)5)21-11(2)14(20)18(3)4/h6-9,11H,1-5H3. The average molecular weight is 304 g/mol. The molecule has 0 aliphatic carbocycles.